The Morgan fingerprint density at radius 1 is 1.47 bits per heavy atom. The van der Waals surface area contributed by atoms with Gasteiger partial charge >= 0.3 is 0 Å². The number of hydrogen-bond acceptors (Lipinski definition) is 2. The number of anilines is 1. The molecular formula is C15H19NO. The molecule has 1 aromatic carbocycles. The fraction of sp³-hybridized carbons (Fsp3) is 0.467. The summed E-state index contributed by atoms with van der Waals surface area (Å²) in [5, 5.41) is 9.43. The van der Waals surface area contributed by atoms with Crippen LogP contribution in [0.3, 0.4) is 0 Å². The van der Waals surface area contributed by atoms with Gasteiger partial charge in [0.15, 0.2) is 0 Å². The highest BCUT2D eigenvalue weighted by Crippen LogP contribution is 2.37. The first-order valence-corrected chi connectivity index (χ1v) is 6.29. The van der Waals surface area contributed by atoms with Crippen molar-refractivity contribution in [2.75, 3.05) is 5.73 Å². The molecule has 3 N–H and O–H groups in total. The lowest BCUT2D eigenvalue weighted by molar-refractivity contribution is 0.228. The van der Waals surface area contributed by atoms with E-state index in [-0.39, 0.29) is 0 Å². The van der Waals surface area contributed by atoms with Gasteiger partial charge in [0, 0.05) is 11.3 Å². The summed E-state index contributed by atoms with van der Waals surface area (Å²) >= 11 is 0. The Morgan fingerprint density at radius 2 is 2.24 bits per heavy atom. The Hall–Kier alpha value is -1.46. The minimum Gasteiger partial charge on any atom is -0.398 e. The van der Waals surface area contributed by atoms with Crippen molar-refractivity contribution in [3.05, 3.63) is 29.3 Å². The fourth-order valence-corrected chi connectivity index (χ4v) is 1.94. The molecular weight excluding hydrogens is 210 g/mol. The van der Waals surface area contributed by atoms with Gasteiger partial charge in [0.25, 0.3) is 0 Å². The Bertz CT molecular complexity index is 452. The summed E-state index contributed by atoms with van der Waals surface area (Å²) < 4.78 is 0. The van der Waals surface area contributed by atoms with Crippen LogP contribution < -0.4 is 5.73 Å². The second-order valence-corrected chi connectivity index (χ2v) is 4.67. The van der Waals surface area contributed by atoms with Gasteiger partial charge in [-0.15, -0.1) is 0 Å². The molecule has 0 radical (unpaired) electrons. The summed E-state index contributed by atoms with van der Waals surface area (Å²) in [7, 11) is 0. The Labute approximate surface area is 103 Å². The lowest BCUT2D eigenvalue weighted by atomic mass is 9.79. The zero-order chi connectivity index (χ0) is 12.3. The van der Waals surface area contributed by atoms with Gasteiger partial charge in [-0.05, 0) is 42.9 Å². The molecule has 1 atom stereocenters. The average Bonchev–Trinajstić information content (AvgIpc) is 2.27. The van der Waals surface area contributed by atoms with Gasteiger partial charge in [-0.3, -0.25) is 0 Å². The van der Waals surface area contributed by atoms with E-state index in [9.17, 15) is 5.11 Å². The molecule has 0 aromatic heterocycles. The number of nitrogen functional groups attached to an aromatic ring is 1. The van der Waals surface area contributed by atoms with E-state index in [4.69, 9.17) is 5.73 Å². The van der Waals surface area contributed by atoms with E-state index in [1.807, 2.05) is 13.0 Å². The second-order valence-electron chi connectivity index (χ2n) is 4.67. The van der Waals surface area contributed by atoms with Crippen molar-refractivity contribution in [3.63, 3.8) is 0 Å². The average molecular weight is 229 g/mol. The van der Waals surface area contributed by atoms with E-state index >= 15 is 0 Å². The fourth-order valence-electron chi connectivity index (χ4n) is 1.94. The van der Waals surface area contributed by atoms with E-state index in [1.165, 1.54) is 24.8 Å². The van der Waals surface area contributed by atoms with Gasteiger partial charge in [-0.2, -0.15) is 0 Å². The SMILES string of the molecule is CCC(O)C#Cc1cc(C2CCC2)ccc1N. The molecule has 1 fully saturated rings. The maximum absolute atomic E-state index is 9.43. The number of aliphatic hydroxyl groups excluding tert-OH is 1. The van der Waals surface area contributed by atoms with Crippen molar-refractivity contribution in [1.82, 2.24) is 0 Å². The predicted molar refractivity (Wildman–Crippen MR) is 70.6 cm³/mol. The van der Waals surface area contributed by atoms with Gasteiger partial charge in [0.05, 0.1) is 0 Å². The van der Waals surface area contributed by atoms with Crippen molar-refractivity contribution >= 4 is 5.69 Å². The zero-order valence-corrected chi connectivity index (χ0v) is 10.2. The van der Waals surface area contributed by atoms with Gasteiger partial charge in [-0.1, -0.05) is 31.3 Å². The van der Waals surface area contributed by atoms with Crippen molar-refractivity contribution in [2.24, 2.45) is 0 Å². The van der Waals surface area contributed by atoms with Crippen LogP contribution in [0, 0.1) is 11.8 Å². The number of hydrogen-bond donors (Lipinski definition) is 2. The van der Waals surface area contributed by atoms with Gasteiger partial charge in [-0.25, -0.2) is 0 Å². The van der Waals surface area contributed by atoms with E-state index in [2.05, 4.69) is 24.0 Å². The first-order chi connectivity index (χ1) is 8.20. The highest BCUT2D eigenvalue weighted by atomic mass is 16.3. The third kappa shape index (κ3) is 2.81. The highest BCUT2D eigenvalue weighted by Gasteiger charge is 2.19. The molecule has 0 saturated heterocycles. The molecule has 17 heavy (non-hydrogen) atoms. The molecule has 2 nitrogen and oxygen atoms in total. The third-order valence-electron chi connectivity index (χ3n) is 3.41. The molecule has 0 aliphatic heterocycles. The monoisotopic (exact) mass is 229 g/mol. The molecule has 0 spiro atoms. The number of benzene rings is 1. The van der Waals surface area contributed by atoms with Crippen LogP contribution in [0.15, 0.2) is 18.2 Å². The lowest BCUT2D eigenvalue weighted by Gasteiger charge is -2.26. The summed E-state index contributed by atoms with van der Waals surface area (Å²) in [6.45, 7) is 1.91. The summed E-state index contributed by atoms with van der Waals surface area (Å²) in [6.07, 6.45) is 3.96. The molecule has 0 heterocycles. The molecule has 0 bridgehead atoms. The van der Waals surface area contributed by atoms with Crippen LogP contribution in [0.25, 0.3) is 0 Å². The van der Waals surface area contributed by atoms with Gasteiger partial charge < -0.3 is 10.8 Å². The van der Waals surface area contributed by atoms with Crippen molar-refractivity contribution in [3.8, 4) is 11.8 Å². The Morgan fingerprint density at radius 3 is 2.82 bits per heavy atom. The predicted octanol–water partition coefficient (Wildman–Crippen LogP) is 2.66. The van der Waals surface area contributed by atoms with Crippen LogP contribution in [0.1, 0.15) is 49.7 Å². The van der Waals surface area contributed by atoms with Gasteiger partial charge in [0.2, 0.25) is 0 Å². The molecule has 1 unspecified atom stereocenters. The number of nitrogens with two attached hydrogens (primary N) is 1. The Kier molecular flexibility index (Phi) is 3.71. The Balaban J connectivity index is 2.21. The molecule has 1 aliphatic carbocycles. The zero-order valence-electron chi connectivity index (χ0n) is 10.2. The van der Waals surface area contributed by atoms with E-state index in [0.29, 0.717) is 18.0 Å². The maximum Gasteiger partial charge on any atom is 0.114 e. The summed E-state index contributed by atoms with van der Waals surface area (Å²) in [4.78, 5) is 0. The van der Waals surface area contributed by atoms with E-state index < -0.39 is 6.10 Å². The van der Waals surface area contributed by atoms with Crippen LogP contribution in [0.2, 0.25) is 0 Å². The van der Waals surface area contributed by atoms with Crippen molar-refractivity contribution < 1.29 is 5.11 Å². The molecule has 0 amide bonds. The molecule has 1 aromatic rings. The number of rotatable bonds is 2. The standard InChI is InChI=1S/C15H19NO/c1-2-14(17)8-6-13-10-12(7-9-15(13)16)11-4-3-5-11/h7,9-11,14,17H,2-5,16H2,1H3. The van der Waals surface area contributed by atoms with Gasteiger partial charge in [0.1, 0.15) is 6.10 Å². The van der Waals surface area contributed by atoms with Crippen molar-refractivity contribution in [1.29, 1.82) is 0 Å². The molecule has 2 heteroatoms. The van der Waals surface area contributed by atoms with E-state index in [1.54, 1.807) is 0 Å². The van der Waals surface area contributed by atoms with Crippen LogP contribution in [-0.4, -0.2) is 11.2 Å². The quantitative estimate of drug-likeness (QED) is 0.605. The topological polar surface area (TPSA) is 46.2 Å². The van der Waals surface area contributed by atoms with Crippen LogP contribution in [0.4, 0.5) is 5.69 Å². The minimum absolute atomic E-state index is 0.554. The van der Waals surface area contributed by atoms with Crippen LogP contribution in [-0.2, 0) is 0 Å². The first-order valence-electron chi connectivity index (χ1n) is 6.29. The molecule has 90 valence electrons. The summed E-state index contributed by atoms with van der Waals surface area (Å²) in [6, 6.07) is 6.10. The normalized spacial score (nSPS) is 16.8. The summed E-state index contributed by atoms with van der Waals surface area (Å²) in [5.41, 5.74) is 8.77. The molecule has 1 saturated carbocycles. The van der Waals surface area contributed by atoms with Crippen molar-refractivity contribution in [2.45, 2.75) is 44.6 Å². The minimum atomic E-state index is -0.554. The van der Waals surface area contributed by atoms with E-state index in [0.717, 1.165) is 5.56 Å². The largest absolute Gasteiger partial charge is 0.398 e. The lowest BCUT2D eigenvalue weighted by Crippen LogP contribution is -2.09. The summed E-state index contributed by atoms with van der Waals surface area (Å²) in [5.74, 6) is 6.49. The smallest absolute Gasteiger partial charge is 0.114 e. The molecule has 1 aliphatic rings. The highest BCUT2D eigenvalue weighted by molar-refractivity contribution is 5.57. The first kappa shape index (κ1) is 12.0. The molecule has 2 rings (SSSR count). The second kappa shape index (κ2) is 5.25. The van der Waals surface area contributed by atoms with Crippen LogP contribution in [0.5, 0.6) is 0 Å². The maximum atomic E-state index is 9.43. The van der Waals surface area contributed by atoms with Crippen LogP contribution >= 0.6 is 0 Å². The number of aliphatic hydroxyl groups is 1. The third-order valence-corrected chi connectivity index (χ3v) is 3.41.